The summed E-state index contributed by atoms with van der Waals surface area (Å²) in [6.07, 6.45) is 1.68. The van der Waals surface area contributed by atoms with Gasteiger partial charge in [0.25, 0.3) is 0 Å². The Balaban J connectivity index is 2.68. The third-order valence-electron chi connectivity index (χ3n) is 2.51. The molecule has 0 aliphatic carbocycles. The van der Waals surface area contributed by atoms with Gasteiger partial charge in [0.05, 0.1) is 11.0 Å². The molecule has 112 valence electrons. The molecule has 2 N–H and O–H groups in total. The lowest BCUT2D eigenvalue weighted by Crippen LogP contribution is -2.37. The van der Waals surface area contributed by atoms with E-state index in [1.165, 1.54) is 0 Å². The number of nitrogens with zero attached hydrogens (tertiary/aromatic N) is 3. The van der Waals surface area contributed by atoms with Crippen LogP contribution in [0, 0.1) is 5.92 Å². The molecule has 0 saturated heterocycles. The number of nitrogens with one attached hydrogen (secondary N) is 2. The van der Waals surface area contributed by atoms with Crippen LogP contribution in [0.5, 0.6) is 0 Å². The van der Waals surface area contributed by atoms with E-state index in [1.54, 1.807) is 11.1 Å². The normalized spacial score (nSPS) is 10.5. The summed E-state index contributed by atoms with van der Waals surface area (Å²) in [6.45, 7) is 7.80. The Bertz CT molecular complexity index is 452. The van der Waals surface area contributed by atoms with Crippen molar-refractivity contribution in [2.24, 2.45) is 5.92 Å². The number of anilines is 2. The lowest BCUT2D eigenvalue weighted by Gasteiger charge is -2.19. The van der Waals surface area contributed by atoms with Crippen LogP contribution in [-0.2, 0) is 4.79 Å². The third kappa shape index (κ3) is 5.32. The molecule has 0 spiro atoms. The van der Waals surface area contributed by atoms with Gasteiger partial charge in [-0.3, -0.25) is 4.79 Å². The Labute approximate surface area is 128 Å². The Kier molecular flexibility index (Phi) is 6.70. The second kappa shape index (κ2) is 8.04. The fourth-order valence-corrected chi connectivity index (χ4v) is 2.03. The minimum atomic E-state index is -0.0169. The summed E-state index contributed by atoms with van der Waals surface area (Å²) in [6, 6.07) is 0. The topological polar surface area (TPSA) is 70.2 Å². The molecule has 0 fully saturated rings. The minimum absolute atomic E-state index is 0.0169. The van der Waals surface area contributed by atoms with Gasteiger partial charge in [0.2, 0.25) is 11.9 Å². The number of likely N-dealkylation sites (N-methyl/N-ethyl adjacent to an activating group) is 1. The minimum Gasteiger partial charge on any atom is -0.354 e. The van der Waals surface area contributed by atoms with Gasteiger partial charge in [-0.05, 0) is 28.8 Å². The van der Waals surface area contributed by atoms with Gasteiger partial charge in [-0.1, -0.05) is 13.8 Å². The summed E-state index contributed by atoms with van der Waals surface area (Å²) >= 11 is 3.41. The highest BCUT2D eigenvalue weighted by Gasteiger charge is 2.13. The van der Waals surface area contributed by atoms with E-state index in [1.807, 2.05) is 14.0 Å². The van der Waals surface area contributed by atoms with E-state index in [2.05, 4.69) is 50.4 Å². The zero-order valence-electron chi connectivity index (χ0n) is 12.4. The molecule has 1 amide bonds. The smallest absolute Gasteiger partial charge is 0.239 e. The van der Waals surface area contributed by atoms with Crippen molar-refractivity contribution in [1.29, 1.82) is 0 Å². The molecular formula is C13H22BrN5O. The Morgan fingerprint density at radius 2 is 2.20 bits per heavy atom. The lowest BCUT2D eigenvalue weighted by molar-refractivity contribution is -0.119. The zero-order chi connectivity index (χ0) is 15.1. The van der Waals surface area contributed by atoms with Gasteiger partial charge in [0, 0.05) is 26.3 Å². The van der Waals surface area contributed by atoms with Gasteiger partial charge in [0.15, 0.2) is 0 Å². The Morgan fingerprint density at radius 3 is 2.80 bits per heavy atom. The maximum Gasteiger partial charge on any atom is 0.239 e. The summed E-state index contributed by atoms with van der Waals surface area (Å²) in [5.74, 6) is 1.67. The van der Waals surface area contributed by atoms with E-state index in [0.717, 1.165) is 11.0 Å². The Morgan fingerprint density at radius 1 is 1.50 bits per heavy atom. The summed E-state index contributed by atoms with van der Waals surface area (Å²) in [5, 5.41) is 5.94. The summed E-state index contributed by atoms with van der Waals surface area (Å²) in [5.41, 5.74) is 0. The van der Waals surface area contributed by atoms with Crippen LogP contribution in [0.1, 0.15) is 20.8 Å². The zero-order valence-corrected chi connectivity index (χ0v) is 14.0. The van der Waals surface area contributed by atoms with E-state index in [9.17, 15) is 4.79 Å². The quantitative estimate of drug-likeness (QED) is 0.790. The number of carbonyl (C=O) groups is 1. The highest BCUT2D eigenvalue weighted by molar-refractivity contribution is 9.10. The second-order valence-electron chi connectivity index (χ2n) is 4.95. The second-order valence-corrected chi connectivity index (χ2v) is 5.80. The number of aromatic nitrogens is 2. The van der Waals surface area contributed by atoms with Crippen LogP contribution < -0.4 is 15.5 Å². The van der Waals surface area contributed by atoms with E-state index in [-0.39, 0.29) is 12.5 Å². The van der Waals surface area contributed by atoms with Gasteiger partial charge in [0.1, 0.15) is 5.82 Å². The van der Waals surface area contributed by atoms with Crippen molar-refractivity contribution in [1.82, 2.24) is 15.3 Å². The molecule has 0 atom stereocenters. The van der Waals surface area contributed by atoms with Crippen molar-refractivity contribution in [2.75, 3.05) is 36.9 Å². The maximum absolute atomic E-state index is 11.8. The number of halogens is 1. The average molecular weight is 344 g/mol. The largest absolute Gasteiger partial charge is 0.354 e. The highest BCUT2D eigenvalue weighted by atomic mass is 79.9. The van der Waals surface area contributed by atoms with Gasteiger partial charge in [-0.2, -0.15) is 4.98 Å². The number of hydrogen-bond acceptors (Lipinski definition) is 5. The number of carbonyl (C=O) groups excluding carboxylic acids is 1. The molecule has 0 saturated carbocycles. The van der Waals surface area contributed by atoms with Crippen LogP contribution in [0.4, 0.5) is 11.8 Å². The standard InChI is InChI=1S/C13H22BrN5O/c1-5-15-13-17-7-10(14)12(18-13)19(4)8-11(20)16-6-9(2)3/h7,9H,5-6,8H2,1-4H3,(H,16,20)(H,15,17,18). The van der Waals surface area contributed by atoms with E-state index in [4.69, 9.17) is 0 Å². The number of hydrogen-bond donors (Lipinski definition) is 2. The summed E-state index contributed by atoms with van der Waals surface area (Å²) in [7, 11) is 1.83. The first-order valence-corrected chi connectivity index (χ1v) is 7.47. The first kappa shape index (κ1) is 16.7. The van der Waals surface area contributed by atoms with Crippen LogP contribution in [0.2, 0.25) is 0 Å². The fraction of sp³-hybridized carbons (Fsp3) is 0.615. The van der Waals surface area contributed by atoms with Crippen molar-refractivity contribution < 1.29 is 4.79 Å². The van der Waals surface area contributed by atoms with Crippen molar-refractivity contribution in [2.45, 2.75) is 20.8 Å². The molecule has 1 rings (SSSR count). The molecule has 6 nitrogen and oxygen atoms in total. The first-order valence-electron chi connectivity index (χ1n) is 6.68. The SMILES string of the molecule is CCNc1ncc(Br)c(N(C)CC(=O)NCC(C)C)n1. The van der Waals surface area contributed by atoms with Gasteiger partial charge in [-0.15, -0.1) is 0 Å². The monoisotopic (exact) mass is 343 g/mol. The molecule has 1 aromatic heterocycles. The highest BCUT2D eigenvalue weighted by Crippen LogP contribution is 2.23. The first-order chi connectivity index (χ1) is 9.43. The predicted octanol–water partition coefficient (Wildman–Crippen LogP) is 1.88. The maximum atomic E-state index is 11.8. The molecule has 0 aliphatic heterocycles. The molecule has 0 aliphatic rings. The molecule has 1 aromatic rings. The number of rotatable bonds is 7. The molecule has 1 heterocycles. The lowest BCUT2D eigenvalue weighted by atomic mass is 10.2. The third-order valence-corrected chi connectivity index (χ3v) is 3.07. The summed E-state index contributed by atoms with van der Waals surface area (Å²) < 4.78 is 0.762. The van der Waals surface area contributed by atoms with E-state index in [0.29, 0.717) is 24.2 Å². The van der Waals surface area contributed by atoms with Gasteiger partial charge >= 0.3 is 0 Å². The van der Waals surface area contributed by atoms with Crippen LogP contribution in [0.25, 0.3) is 0 Å². The van der Waals surface area contributed by atoms with Gasteiger partial charge in [-0.25, -0.2) is 4.98 Å². The molecule has 7 heteroatoms. The molecule has 0 unspecified atom stereocenters. The number of amides is 1. The predicted molar refractivity (Wildman–Crippen MR) is 85.0 cm³/mol. The average Bonchev–Trinajstić information content (AvgIpc) is 2.38. The van der Waals surface area contributed by atoms with Crippen molar-refractivity contribution in [3.63, 3.8) is 0 Å². The Hall–Kier alpha value is -1.37. The van der Waals surface area contributed by atoms with Crippen molar-refractivity contribution in [3.05, 3.63) is 10.7 Å². The van der Waals surface area contributed by atoms with Crippen LogP contribution >= 0.6 is 15.9 Å². The summed E-state index contributed by atoms with van der Waals surface area (Å²) in [4.78, 5) is 22.2. The van der Waals surface area contributed by atoms with E-state index < -0.39 is 0 Å². The van der Waals surface area contributed by atoms with Crippen LogP contribution in [0.3, 0.4) is 0 Å². The van der Waals surface area contributed by atoms with E-state index >= 15 is 0 Å². The van der Waals surface area contributed by atoms with Crippen molar-refractivity contribution in [3.8, 4) is 0 Å². The van der Waals surface area contributed by atoms with Crippen LogP contribution in [0.15, 0.2) is 10.7 Å². The molecule has 0 aromatic carbocycles. The fourth-order valence-electron chi connectivity index (χ4n) is 1.53. The molecular weight excluding hydrogens is 322 g/mol. The molecule has 20 heavy (non-hydrogen) atoms. The van der Waals surface area contributed by atoms with Crippen LogP contribution in [-0.4, -0.2) is 42.6 Å². The molecule has 0 bridgehead atoms. The molecule has 0 radical (unpaired) electrons. The van der Waals surface area contributed by atoms with Gasteiger partial charge < -0.3 is 15.5 Å². The van der Waals surface area contributed by atoms with Crippen molar-refractivity contribution >= 4 is 33.6 Å².